The van der Waals surface area contributed by atoms with Crippen LogP contribution >= 0.6 is 0 Å². The van der Waals surface area contributed by atoms with E-state index < -0.39 is 36.4 Å². The molecule has 0 fully saturated rings. The highest BCUT2D eigenvalue weighted by molar-refractivity contribution is 6.10. The fourth-order valence-electron chi connectivity index (χ4n) is 2.71. The van der Waals surface area contributed by atoms with Crippen LogP contribution in [0.1, 0.15) is 24.0 Å². The fraction of sp³-hybridized carbons (Fsp3) is 0.300. The monoisotopic (exact) mass is 372 g/mol. The van der Waals surface area contributed by atoms with E-state index >= 15 is 0 Å². The maximum Gasteiger partial charge on any atom is 0.329 e. The highest BCUT2D eigenvalue weighted by Gasteiger charge is 2.34. The van der Waals surface area contributed by atoms with Crippen LogP contribution in [0.15, 0.2) is 42.5 Å². The highest BCUT2D eigenvalue weighted by atomic mass is 16.5. The van der Waals surface area contributed by atoms with E-state index in [2.05, 4.69) is 0 Å². The van der Waals surface area contributed by atoms with Crippen LogP contribution in [0.5, 0.6) is 0 Å². The fourth-order valence-corrected chi connectivity index (χ4v) is 2.71. The summed E-state index contributed by atoms with van der Waals surface area (Å²) >= 11 is 0. The van der Waals surface area contributed by atoms with Crippen LogP contribution in [0.2, 0.25) is 0 Å². The minimum absolute atomic E-state index is 0.0444. The van der Waals surface area contributed by atoms with Crippen molar-refractivity contribution in [1.82, 2.24) is 0 Å². The van der Waals surface area contributed by atoms with Gasteiger partial charge in [0.2, 0.25) is 0 Å². The Hall–Kier alpha value is -3.06. The molecule has 0 spiro atoms. The molecule has 0 aliphatic heterocycles. The number of Topliss-reactive ketones (excluding diaryl/α,β-unsaturated/α-hetero) is 1. The number of hydrogen-bond acceptors (Lipinski definition) is 5. The summed E-state index contributed by atoms with van der Waals surface area (Å²) in [6.45, 7) is -0.590. The van der Waals surface area contributed by atoms with E-state index in [4.69, 9.17) is 14.9 Å². The van der Waals surface area contributed by atoms with E-state index in [1.807, 2.05) is 0 Å². The molecule has 7 heteroatoms. The molecule has 2 unspecified atom stereocenters. The molecule has 0 heterocycles. The van der Waals surface area contributed by atoms with Crippen molar-refractivity contribution in [2.45, 2.75) is 25.4 Å². The maximum atomic E-state index is 12.4. The van der Waals surface area contributed by atoms with Gasteiger partial charge in [0.05, 0.1) is 6.10 Å². The third-order valence-corrected chi connectivity index (χ3v) is 4.07. The molecule has 1 aromatic carbocycles. The number of carboxylic acid groups (broad SMARTS) is 2. The van der Waals surface area contributed by atoms with Gasteiger partial charge in [0.25, 0.3) is 0 Å². The Morgan fingerprint density at radius 2 is 1.81 bits per heavy atom. The predicted octanol–water partition coefficient (Wildman–Crippen LogP) is 1.90. The number of ether oxygens (including phenoxy) is 1. The van der Waals surface area contributed by atoms with E-state index in [1.165, 1.54) is 12.2 Å². The first-order valence-electron chi connectivity index (χ1n) is 8.42. The van der Waals surface area contributed by atoms with E-state index in [0.29, 0.717) is 6.42 Å². The van der Waals surface area contributed by atoms with Crippen LogP contribution in [0.25, 0.3) is 6.08 Å². The zero-order valence-corrected chi connectivity index (χ0v) is 14.5. The second-order valence-corrected chi connectivity index (χ2v) is 6.12. The van der Waals surface area contributed by atoms with Gasteiger partial charge in [-0.25, -0.2) is 4.79 Å². The molecule has 1 aromatic rings. The molecular formula is C20H20O7. The summed E-state index contributed by atoms with van der Waals surface area (Å²) in [5.74, 6) is -3.86. The molecule has 1 aliphatic rings. The van der Waals surface area contributed by atoms with Crippen molar-refractivity contribution < 1.29 is 34.1 Å². The number of ketones is 2. The molecule has 2 rings (SSSR count). The summed E-state index contributed by atoms with van der Waals surface area (Å²) in [5.41, 5.74) is 1.60. The number of aryl methyl sites for hydroxylation is 1. The molecule has 0 amide bonds. The van der Waals surface area contributed by atoms with Gasteiger partial charge in [0, 0.05) is 12.8 Å². The van der Waals surface area contributed by atoms with Crippen molar-refractivity contribution in [2.75, 3.05) is 6.61 Å². The Kier molecular flexibility index (Phi) is 7.19. The third-order valence-electron chi connectivity index (χ3n) is 4.07. The Morgan fingerprint density at radius 3 is 2.44 bits per heavy atom. The smallest absolute Gasteiger partial charge is 0.329 e. The number of aliphatic carboxylic acids is 2. The SMILES string of the molecule is O=C(O)CCc1ccc(C=CC(=O)C2C(=O)CC=CC2OCC(=O)O)cc1. The van der Waals surface area contributed by atoms with Gasteiger partial charge in [0.1, 0.15) is 18.3 Å². The van der Waals surface area contributed by atoms with E-state index in [0.717, 1.165) is 11.1 Å². The lowest BCUT2D eigenvalue weighted by atomic mass is 9.86. The third kappa shape index (κ3) is 6.31. The maximum absolute atomic E-state index is 12.4. The lowest BCUT2D eigenvalue weighted by Crippen LogP contribution is -2.38. The van der Waals surface area contributed by atoms with Gasteiger partial charge < -0.3 is 14.9 Å². The molecule has 1 aliphatic carbocycles. The molecule has 142 valence electrons. The molecule has 2 atom stereocenters. The van der Waals surface area contributed by atoms with Crippen molar-refractivity contribution in [3.8, 4) is 0 Å². The highest BCUT2D eigenvalue weighted by Crippen LogP contribution is 2.21. The molecule has 2 N–H and O–H groups in total. The van der Waals surface area contributed by atoms with Crippen molar-refractivity contribution >= 4 is 29.6 Å². The number of allylic oxidation sites excluding steroid dienone is 2. The van der Waals surface area contributed by atoms with Crippen molar-refractivity contribution in [3.05, 3.63) is 53.6 Å². The van der Waals surface area contributed by atoms with E-state index in [1.54, 1.807) is 36.4 Å². The molecule has 0 bridgehead atoms. The summed E-state index contributed by atoms with van der Waals surface area (Å²) in [6, 6.07) is 7.06. The lowest BCUT2D eigenvalue weighted by molar-refractivity contribution is -0.148. The first-order valence-corrected chi connectivity index (χ1v) is 8.42. The molecule has 0 saturated carbocycles. The molecule has 27 heavy (non-hydrogen) atoms. The quantitative estimate of drug-likeness (QED) is 0.386. The summed E-state index contributed by atoms with van der Waals surface area (Å²) in [5, 5.41) is 17.4. The van der Waals surface area contributed by atoms with Gasteiger partial charge in [-0.1, -0.05) is 42.5 Å². The minimum atomic E-state index is -1.17. The second kappa shape index (κ2) is 9.59. The second-order valence-electron chi connectivity index (χ2n) is 6.12. The Labute approximate surface area is 156 Å². The number of benzene rings is 1. The van der Waals surface area contributed by atoms with Crippen molar-refractivity contribution in [1.29, 1.82) is 0 Å². The summed E-state index contributed by atoms with van der Waals surface area (Å²) in [7, 11) is 0. The van der Waals surface area contributed by atoms with Gasteiger partial charge in [-0.2, -0.15) is 0 Å². The Bertz CT molecular complexity index is 774. The minimum Gasteiger partial charge on any atom is -0.481 e. The Morgan fingerprint density at radius 1 is 1.11 bits per heavy atom. The van der Waals surface area contributed by atoms with Crippen molar-refractivity contribution in [2.24, 2.45) is 5.92 Å². The summed E-state index contributed by atoms with van der Waals surface area (Å²) in [6.07, 6.45) is 5.63. The average molecular weight is 372 g/mol. The largest absolute Gasteiger partial charge is 0.481 e. The molecular weight excluding hydrogens is 352 g/mol. The standard InChI is InChI=1S/C20H20O7/c21-15-2-1-3-17(27-12-19(25)26)20(15)16(22)10-8-13-4-6-14(7-5-13)9-11-18(23)24/h1,3-8,10,17,20H,2,9,11-12H2,(H,23,24)(H,25,26). The summed E-state index contributed by atoms with van der Waals surface area (Å²) in [4.78, 5) is 45.8. The van der Waals surface area contributed by atoms with E-state index in [9.17, 15) is 19.2 Å². The molecule has 0 aromatic heterocycles. The van der Waals surface area contributed by atoms with E-state index in [-0.39, 0.29) is 18.6 Å². The average Bonchev–Trinajstić information content (AvgIpc) is 2.63. The zero-order chi connectivity index (χ0) is 19.8. The number of carbonyl (C=O) groups excluding carboxylic acids is 2. The van der Waals surface area contributed by atoms with Crippen LogP contribution < -0.4 is 0 Å². The van der Waals surface area contributed by atoms with Crippen molar-refractivity contribution in [3.63, 3.8) is 0 Å². The van der Waals surface area contributed by atoms with Gasteiger partial charge in [-0.05, 0) is 23.6 Å². The summed E-state index contributed by atoms with van der Waals surface area (Å²) < 4.78 is 5.15. The normalized spacial score (nSPS) is 19.3. The molecule has 0 radical (unpaired) electrons. The molecule has 7 nitrogen and oxygen atoms in total. The van der Waals surface area contributed by atoms with Gasteiger partial charge in [0.15, 0.2) is 5.78 Å². The number of carbonyl (C=O) groups is 4. The topological polar surface area (TPSA) is 118 Å². The first-order chi connectivity index (χ1) is 12.9. The first kappa shape index (κ1) is 20.3. The van der Waals surface area contributed by atoms with Gasteiger partial charge in [-0.15, -0.1) is 0 Å². The predicted molar refractivity (Wildman–Crippen MR) is 96.1 cm³/mol. The van der Waals surface area contributed by atoms with Gasteiger partial charge >= 0.3 is 11.9 Å². The van der Waals surface area contributed by atoms with Crippen LogP contribution in [-0.2, 0) is 30.3 Å². The van der Waals surface area contributed by atoms with Crippen LogP contribution in [0.3, 0.4) is 0 Å². The zero-order valence-electron chi connectivity index (χ0n) is 14.5. The number of rotatable bonds is 9. The number of carboxylic acids is 2. The Balaban J connectivity index is 2.02. The van der Waals surface area contributed by atoms with Gasteiger partial charge in [-0.3, -0.25) is 14.4 Å². The van der Waals surface area contributed by atoms with Crippen LogP contribution in [0.4, 0.5) is 0 Å². The molecule has 0 saturated heterocycles. The lowest BCUT2D eigenvalue weighted by Gasteiger charge is -2.24. The van der Waals surface area contributed by atoms with Crippen LogP contribution in [0, 0.1) is 5.92 Å². The van der Waals surface area contributed by atoms with Crippen LogP contribution in [-0.4, -0.2) is 46.4 Å². The number of hydrogen-bond donors (Lipinski definition) is 2.